The molecule has 0 aliphatic rings. The number of rotatable bonds is 6. The third-order valence-corrected chi connectivity index (χ3v) is 2.93. The zero-order chi connectivity index (χ0) is 13.7. The van der Waals surface area contributed by atoms with Gasteiger partial charge in [0.25, 0.3) is 0 Å². The Morgan fingerprint density at radius 3 is 2.33 bits per heavy atom. The first-order valence-corrected chi connectivity index (χ1v) is 6.10. The average molecular weight is 321 g/mol. The first kappa shape index (κ1) is 14.8. The van der Waals surface area contributed by atoms with Gasteiger partial charge in [-0.1, -0.05) is 0 Å². The SMILES string of the molecule is O=C(O)CCCCC(=O)c1cc(F)c(F)c(Br)c1. The molecular weight excluding hydrogens is 310 g/mol. The van der Waals surface area contributed by atoms with Crippen LogP contribution in [-0.2, 0) is 4.79 Å². The van der Waals surface area contributed by atoms with E-state index < -0.39 is 17.6 Å². The van der Waals surface area contributed by atoms with Gasteiger partial charge in [0.05, 0.1) is 4.47 Å². The number of aliphatic carboxylic acids is 1. The van der Waals surface area contributed by atoms with E-state index in [1.165, 1.54) is 6.07 Å². The second-order valence-electron chi connectivity index (χ2n) is 3.78. The van der Waals surface area contributed by atoms with Crippen molar-refractivity contribution in [2.75, 3.05) is 0 Å². The Morgan fingerprint density at radius 1 is 1.17 bits per heavy atom. The summed E-state index contributed by atoms with van der Waals surface area (Å²) in [5.41, 5.74) is 0.0797. The first-order valence-electron chi connectivity index (χ1n) is 5.31. The molecule has 0 aliphatic heterocycles. The second-order valence-corrected chi connectivity index (χ2v) is 4.63. The predicted molar refractivity (Wildman–Crippen MR) is 64.5 cm³/mol. The Labute approximate surface area is 111 Å². The minimum atomic E-state index is -1.08. The van der Waals surface area contributed by atoms with E-state index in [0.717, 1.165) is 6.07 Å². The lowest BCUT2D eigenvalue weighted by molar-refractivity contribution is -0.137. The van der Waals surface area contributed by atoms with Crippen LogP contribution in [0.15, 0.2) is 16.6 Å². The second kappa shape index (κ2) is 6.58. The number of hydrogen-bond acceptors (Lipinski definition) is 2. The number of unbranched alkanes of at least 4 members (excludes halogenated alkanes) is 1. The summed E-state index contributed by atoms with van der Waals surface area (Å²) in [5, 5.41) is 8.42. The van der Waals surface area contributed by atoms with Gasteiger partial charge in [0.2, 0.25) is 0 Å². The van der Waals surface area contributed by atoms with E-state index in [9.17, 15) is 18.4 Å². The van der Waals surface area contributed by atoms with Crippen LogP contribution in [0.5, 0.6) is 0 Å². The highest BCUT2D eigenvalue weighted by atomic mass is 79.9. The molecule has 0 bridgehead atoms. The maximum Gasteiger partial charge on any atom is 0.303 e. The van der Waals surface area contributed by atoms with E-state index in [1.807, 2.05) is 0 Å². The third kappa shape index (κ3) is 4.18. The van der Waals surface area contributed by atoms with Crippen LogP contribution in [0.1, 0.15) is 36.0 Å². The molecule has 18 heavy (non-hydrogen) atoms. The summed E-state index contributed by atoms with van der Waals surface area (Å²) in [6.07, 6.45) is 0.896. The number of halogens is 3. The average Bonchev–Trinajstić information content (AvgIpc) is 2.30. The highest BCUT2D eigenvalue weighted by Crippen LogP contribution is 2.21. The molecule has 0 radical (unpaired) electrons. The van der Waals surface area contributed by atoms with E-state index in [4.69, 9.17) is 5.11 Å². The van der Waals surface area contributed by atoms with Crippen LogP contribution in [0.4, 0.5) is 8.78 Å². The molecule has 0 heterocycles. The van der Waals surface area contributed by atoms with Gasteiger partial charge in [-0.3, -0.25) is 9.59 Å². The number of benzene rings is 1. The van der Waals surface area contributed by atoms with Crippen LogP contribution in [0.3, 0.4) is 0 Å². The van der Waals surface area contributed by atoms with Gasteiger partial charge in [0, 0.05) is 18.4 Å². The Balaban J connectivity index is 2.59. The first-order chi connectivity index (χ1) is 8.41. The number of Topliss-reactive ketones (excluding diaryl/α,β-unsaturated/α-hetero) is 1. The summed E-state index contributed by atoms with van der Waals surface area (Å²) in [5.74, 6) is -3.37. The van der Waals surface area contributed by atoms with Crippen molar-refractivity contribution in [1.82, 2.24) is 0 Å². The molecule has 1 N–H and O–H groups in total. The fraction of sp³-hybridized carbons (Fsp3) is 0.333. The fourth-order valence-corrected chi connectivity index (χ4v) is 1.86. The van der Waals surface area contributed by atoms with Gasteiger partial charge < -0.3 is 5.11 Å². The zero-order valence-electron chi connectivity index (χ0n) is 9.38. The predicted octanol–water partition coefficient (Wildman–Crippen LogP) is 3.56. The molecule has 0 unspecified atom stereocenters. The summed E-state index contributed by atoms with van der Waals surface area (Å²) >= 11 is 2.82. The van der Waals surface area contributed by atoms with E-state index in [0.29, 0.717) is 12.8 Å². The van der Waals surface area contributed by atoms with Crippen LogP contribution in [0.25, 0.3) is 0 Å². The lowest BCUT2D eigenvalue weighted by atomic mass is 10.0. The number of hydrogen-bond donors (Lipinski definition) is 1. The molecule has 0 amide bonds. The number of carbonyl (C=O) groups excluding carboxylic acids is 1. The highest BCUT2D eigenvalue weighted by Gasteiger charge is 2.13. The molecule has 0 fully saturated rings. The van der Waals surface area contributed by atoms with Crippen LogP contribution < -0.4 is 0 Å². The fourth-order valence-electron chi connectivity index (χ4n) is 1.42. The minimum absolute atomic E-state index is 0.00520. The van der Waals surface area contributed by atoms with Crippen molar-refractivity contribution in [3.63, 3.8) is 0 Å². The Kier molecular flexibility index (Phi) is 5.40. The minimum Gasteiger partial charge on any atom is -0.481 e. The van der Waals surface area contributed by atoms with Crippen molar-refractivity contribution in [2.24, 2.45) is 0 Å². The van der Waals surface area contributed by atoms with E-state index in [-0.39, 0.29) is 28.7 Å². The molecule has 0 saturated heterocycles. The van der Waals surface area contributed by atoms with Crippen molar-refractivity contribution in [3.8, 4) is 0 Å². The molecule has 1 aromatic rings. The van der Waals surface area contributed by atoms with Crippen molar-refractivity contribution in [1.29, 1.82) is 0 Å². The summed E-state index contributed by atoms with van der Waals surface area (Å²) in [4.78, 5) is 21.9. The molecule has 0 aliphatic carbocycles. The number of carboxylic acids is 1. The molecule has 0 spiro atoms. The molecule has 98 valence electrons. The monoisotopic (exact) mass is 320 g/mol. The molecule has 3 nitrogen and oxygen atoms in total. The van der Waals surface area contributed by atoms with Crippen molar-refractivity contribution in [3.05, 3.63) is 33.8 Å². The zero-order valence-corrected chi connectivity index (χ0v) is 11.0. The van der Waals surface area contributed by atoms with Gasteiger partial charge in [-0.05, 0) is 40.9 Å². The molecule has 1 rings (SSSR count). The largest absolute Gasteiger partial charge is 0.481 e. The Morgan fingerprint density at radius 2 is 1.78 bits per heavy atom. The molecule has 1 aromatic carbocycles. The summed E-state index contributed by atoms with van der Waals surface area (Å²) in [6, 6.07) is 2.07. The quantitative estimate of drug-likeness (QED) is 0.495. The summed E-state index contributed by atoms with van der Waals surface area (Å²) < 4.78 is 25.9. The van der Waals surface area contributed by atoms with E-state index in [1.54, 1.807) is 0 Å². The van der Waals surface area contributed by atoms with E-state index in [2.05, 4.69) is 15.9 Å². The molecular formula is C12H11BrF2O3. The van der Waals surface area contributed by atoms with Crippen molar-refractivity contribution < 1.29 is 23.5 Å². The highest BCUT2D eigenvalue weighted by molar-refractivity contribution is 9.10. The summed E-state index contributed by atoms with van der Waals surface area (Å²) in [6.45, 7) is 0. The van der Waals surface area contributed by atoms with Crippen molar-refractivity contribution in [2.45, 2.75) is 25.7 Å². The smallest absolute Gasteiger partial charge is 0.303 e. The number of ketones is 1. The van der Waals surface area contributed by atoms with Crippen LogP contribution in [-0.4, -0.2) is 16.9 Å². The summed E-state index contributed by atoms with van der Waals surface area (Å²) in [7, 11) is 0. The maximum atomic E-state index is 13.1. The Hall–Kier alpha value is -1.30. The van der Waals surface area contributed by atoms with E-state index >= 15 is 0 Å². The van der Waals surface area contributed by atoms with Gasteiger partial charge in [0.1, 0.15) is 0 Å². The van der Waals surface area contributed by atoms with Gasteiger partial charge in [0.15, 0.2) is 17.4 Å². The maximum absolute atomic E-state index is 13.1. The van der Waals surface area contributed by atoms with Gasteiger partial charge >= 0.3 is 5.97 Å². The number of carboxylic acid groups (broad SMARTS) is 1. The van der Waals surface area contributed by atoms with Crippen LogP contribution in [0.2, 0.25) is 0 Å². The topological polar surface area (TPSA) is 54.4 Å². The number of carbonyl (C=O) groups is 2. The van der Waals surface area contributed by atoms with Crippen LogP contribution >= 0.6 is 15.9 Å². The third-order valence-electron chi connectivity index (χ3n) is 2.35. The van der Waals surface area contributed by atoms with Gasteiger partial charge in [-0.2, -0.15) is 0 Å². The molecule has 0 atom stereocenters. The van der Waals surface area contributed by atoms with Gasteiger partial charge in [-0.25, -0.2) is 8.78 Å². The molecule has 0 aromatic heterocycles. The lowest BCUT2D eigenvalue weighted by Crippen LogP contribution is -2.02. The van der Waals surface area contributed by atoms with Crippen molar-refractivity contribution >= 4 is 27.7 Å². The van der Waals surface area contributed by atoms with Gasteiger partial charge in [-0.15, -0.1) is 0 Å². The standard InChI is InChI=1S/C12H11BrF2O3/c13-8-5-7(6-9(14)12(8)15)10(16)3-1-2-4-11(17)18/h5-6H,1-4H2,(H,17,18). The lowest BCUT2D eigenvalue weighted by Gasteiger charge is -2.03. The normalized spacial score (nSPS) is 10.4. The molecule has 0 saturated carbocycles. The van der Waals surface area contributed by atoms with Crippen LogP contribution in [0, 0.1) is 11.6 Å². The Bertz CT molecular complexity index is 451. The molecule has 6 heteroatoms.